The number of carboxylic acids is 1. The molecule has 0 unspecified atom stereocenters. The van der Waals surface area contributed by atoms with Crippen LogP contribution in [0, 0.1) is 0 Å². The number of ether oxygens (including phenoxy) is 1. The maximum absolute atomic E-state index is 11.6. The first-order chi connectivity index (χ1) is 10.9. The summed E-state index contributed by atoms with van der Waals surface area (Å²) in [5.74, 6) is -1.13. The number of nitrogens with one attached hydrogen (secondary N) is 1. The highest BCUT2D eigenvalue weighted by atomic mass is 16.5. The van der Waals surface area contributed by atoms with Crippen LogP contribution in [0.15, 0.2) is 12.2 Å². The number of amides is 1. The van der Waals surface area contributed by atoms with Gasteiger partial charge in [0.05, 0.1) is 6.61 Å². The van der Waals surface area contributed by atoms with E-state index in [-0.39, 0.29) is 18.9 Å². The van der Waals surface area contributed by atoms with E-state index in [4.69, 9.17) is 9.84 Å². The fraction of sp³-hybridized carbons (Fsp3) is 0.706. The Kier molecular flexibility index (Phi) is 12.7. The quantitative estimate of drug-likeness (QED) is 0.291. The molecule has 0 aliphatic heterocycles. The summed E-state index contributed by atoms with van der Waals surface area (Å²) in [7, 11) is 0. The molecular weight excluding hydrogens is 298 g/mol. The molecule has 0 aromatic carbocycles. The summed E-state index contributed by atoms with van der Waals surface area (Å²) in [6.07, 6.45) is 6.87. The third-order valence-electron chi connectivity index (χ3n) is 3.27. The summed E-state index contributed by atoms with van der Waals surface area (Å²) in [4.78, 5) is 33.0. The summed E-state index contributed by atoms with van der Waals surface area (Å²) in [5, 5.41) is 11.3. The minimum atomic E-state index is -0.740. The van der Waals surface area contributed by atoms with Crippen molar-refractivity contribution in [3.63, 3.8) is 0 Å². The van der Waals surface area contributed by atoms with Gasteiger partial charge in [-0.2, -0.15) is 0 Å². The van der Waals surface area contributed by atoms with Crippen molar-refractivity contribution in [1.82, 2.24) is 5.32 Å². The van der Waals surface area contributed by atoms with E-state index in [2.05, 4.69) is 11.9 Å². The largest absolute Gasteiger partial charge is 0.481 e. The zero-order valence-corrected chi connectivity index (χ0v) is 14.1. The number of carboxylic acid groups (broad SMARTS) is 1. The van der Waals surface area contributed by atoms with Gasteiger partial charge < -0.3 is 15.2 Å². The van der Waals surface area contributed by atoms with E-state index in [0.717, 1.165) is 38.5 Å². The molecule has 23 heavy (non-hydrogen) atoms. The van der Waals surface area contributed by atoms with Crippen molar-refractivity contribution in [3.05, 3.63) is 12.2 Å². The van der Waals surface area contributed by atoms with E-state index in [1.807, 2.05) is 0 Å². The number of hydrogen-bond acceptors (Lipinski definition) is 4. The Morgan fingerprint density at radius 2 is 1.52 bits per heavy atom. The van der Waals surface area contributed by atoms with Crippen molar-refractivity contribution < 1.29 is 24.2 Å². The van der Waals surface area contributed by atoms with Gasteiger partial charge >= 0.3 is 11.9 Å². The minimum Gasteiger partial charge on any atom is -0.481 e. The van der Waals surface area contributed by atoms with Gasteiger partial charge in [0.2, 0.25) is 5.91 Å². The maximum atomic E-state index is 11.6. The molecular formula is C17H29NO5. The van der Waals surface area contributed by atoms with Crippen LogP contribution >= 0.6 is 0 Å². The lowest BCUT2D eigenvalue weighted by Crippen LogP contribution is -2.25. The second-order valence-corrected chi connectivity index (χ2v) is 5.63. The Balaban J connectivity index is 3.33. The lowest BCUT2D eigenvalue weighted by atomic mass is 10.1. The number of rotatable bonds is 14. The van der Waals surface area contributed by atoms with Crippen molar-refractivity contribution in [2.75, 3.05) is 13.2 Å². The average molecular weight is 327 g/mol. The van der Waals surface area contributed by atoms with Gasteiger partial charge in [-0.05, 0) is 26.2 Å². The molecule has 0 saturated heterocycles. The Bertz CT molecular complexity index is 392. The number of hydrogen-bond donors (Lipinski definition) is 2. The second kappa shape index (κ2) is 13.8. The highest BCUT2D eigenvalue weighted by molar-refractivity contribution is 5.86. The van der Waals surface area contributed by atoms with Gasteiger partial charge in [0, 0.05) is 25.0 Å². The van der Waals surface area contributed by atoms with Crippen molar-refractivity contribution in [2.24, 2.45) is 0 Å². The van der Waals surface area contributed by atoms with Crippen LogP contribution in [-0.2, 0) is 19.1 Å². The van der Waals surface area contributed by atoms with Crippen LogP contribution in [0.25, 0.3) is 0 Å². The molecule has 0 aromatic heterocycles. The van der Waals surface area contributed by atoms with Crippen LogP contribution in [0.4, 0.5) is 0 Å². The van der Waals surface area contributed by atoms with E-state index in [1.54, 1.807) is 6.92 Å². The highest BCUT2D eigenvalue weighted by Gasteiger charge is 2.03. The highest BCUT2D eigenvalue weighted by Crippen LogP contribution is 2.08. The Hall–Kier alpha value is -1.85. The van der Waals surface area contributed by atoms with Crippen LogP contribution in [0.3, 0.4) is 0 Å². The predicted molar refractivity (Wildman–Crippen MR) is 88.0 cm³/mol. The van der Waals surface area contributed by atoms with E-state index in [0.29, 0.717) is 25.0 Å². The van der Waals surface area contributed by atoms with Crippen LogP contribution in [0.5, 0.6) is 0 Å². The van der Waals surface area contributed by atoms with Crippen molar-refractivity contribution in [3.8, 4) is 0 Å². The van der Waals surface area contributed by atoms with Gasteiger partial charge in [-0.15, -0.1) is 0 Å². The lowest BCUT2D eigenvalue weighted by molar-refractivity contribution is -0.139. The van der Waals surface area contributed by atoms with E-state index >= 15 is 0 Å². The zero-order valence-electron chi connectivity index (χ0n) is 14.1. The van der Waals surface area contributed by atoms with Crippen LogP contribution in [-0.4, -0.2) is 36.1 Å². The molecule has 1 amide bonds. The molecule has 0 atom stereocenters. The van der Waals surface area contributed by atoms with Gasteiger partial charge in [0.1, 0.15) is 0 Å². The molecule has 0 aliphatic rings. The molecule has 6 heteroatoms. The summed E-state index contributed by atoms with van der Waals surface area (Å²) in [6, 6.07) is 0. The molecule has 0 heterocycles. The van der Waals surface area contributed by atoms with Gasteiger partial charge in [-0.25, -0.2) is 4.79 Å². The average Bonchev–Trinajstić information content (AvgIpc) is 2.48. The number of unbranched alkanes of at least 4 members (excludes halogenated alkanes) is 5. The molecule has 0 aliphatic carbocycles. The summed E-state index contributed by atoms with van der Waals surface area (Å²) >= 11 is 0. The normalized spacial score (nSPS) is 10.1. The Morgan fingerprint density at radius 1 is 0.957 bits per heavy atom. The Morgan fingerprint density at radius 3 is 2.09 bits per heavy atom. The van der Waals surface area contributed by atoms with Crippen molar-refractivity contribution >= 4 is 17.8 Å². The number of carbonyl (C=O) groups excluding carboxylic acids is 2. The maximum Gasteiger partial charge on any atom is 0.333 e. The summed E-state index contributed by atoms with van der Waals surface area (Å²) in [6.45, 7) is 5.86. The molecule has 132 valence electrons. The van der Waals surface area contributed by atoms with Crippen LogP contribution in [0.1, 0.15) is 64.7 Å². The van der Waals surface area contributed by atoms with Gasteiger partial charge in [-0.3, -0.25) is 9.59 Å². The molecule has 0 rings (SSSR count). The van der Waals surface area contributed by atoms with Crippen LogP contribution in [0.2, 0.25) is 0 Å². The van der Waals surface area contributed by atoms with Gasteiger partial charge in [-0.1, -0.05) is 32.3 Å². The van der Waals surface area contributed by atoms with E-state index in [9.17, 15) is 14.4 Å². The first-order valence-electron chi connectivity index (χ1n) is 8.24. The summed E-state index contributed by atoms with van der Waals surface area (Å²) in [5.41, 5.74) is 0.372. The Labute approximate surface area is 138 Å². The molecule has 2 N–H and O–H groups in total. The molecule has 0 aromatic rings. The number of esters is 1. The lowest BCUT2D eigenvalue weighted by Gasteiger charge is -2.06. The molecule has 0 spiro atoms. The number of aliphatic carboxylic acids is 1. The van der Waals surface area contributed by atoms with Crippen molar-refractivity contribution in [1.29, 1.82) is 0 Å². The fourth-order valence-electron chi connectivity index (χ4n) is 1.95. The first kappa shape index (κ1) is 21.1. The van der Waals surface area contributed by atoms with Gasteiger partial charge in [0.15, 0.2) is 0 Å². The van der Waals surface area contributed by atoms with E-state index < -0.39 is 11.9 Å². The third kappa shape index (κ3) is 14.8. The molecule has 6 nitrogen and oxygen atoms in total. The molecule has 0 fully saturated rings. The molecule has 0 radical (unpaired) electrons. The SMILES string of the molecule is C=C(C)C(=O)OCCCNC(=O)CCCCCCCCC(=O)O. The predicted octanol–water partition coefficient (Wildman–Crippen LogP) is 2.82. The zero-order chi connectivity index (χ0) is 17.5. The van der Waals surface area contributed by atoms with Gasteiger partial charge in [0.25, 0.3) is 0 Å². The van der Waals surface area contributed by atoms with E-state index in [1.165, 1.54) is 0 Å². The summed E-state index contributed by atoms with van der Waals surface area (Å²) < 4.78 is 4.92. The monoisotopic (exact) mass is 327 g/mol. The first-order valence-corrected chi connectivity index (χ1v) is 8.24. The fourth-order valence-corrected chi connectivity index (χ4v) is 1.95. The minimum absolute atomic E-state index is 0.0158. The number of carbonyl (C=O) groups is 3. The third-order valence-corrected chi connectivity index (χ3v) is 3.27. The standard InChI is InChI=1S/C17H29NO5/c1-14(2)17(22)23-13-9-12-18-15(19)10-7-5-3-4-6-8-11-16(20)21/h1,3-13H2,2H3,(H,18,19)(H,20,21). The second-order valence-electron chi connectivity index (χ2n) is 5.63. The molecule has 0 saturated carbocycles. The van der Waals surface area contributed by atoms with Crippen LogP contribution < -0.4 is 5.32 Å². The molecule has 0 bridgehead atoms. The topological polar surface area (TPSA) is 92.7 Å². The van der Waals surface area contributed by atoms with Crippen molar-refractivity contribution in [2.45, 2.75) is 64.7 Å². The smallest absolute Gasteiger partial charge is 0.333 e.